The van der Waals surface area contributed by atoms with Crippen molar-refractivity contribution in [1.82, 2.24) is 5.32 Å². The molecule has 1 nitrogen and oxygen atoms in total. The van der Waals surface area contributed by atoms with E-state index >= 15 is 0 Å². The van der Waals surface area contributed by atoms with Crippen molar-refractivity contribution in [3.63, 3.8) is 0 Å². The first-order chi connectivity index (χ1) is 13.2. The maximum absolute atomic E-state index is 3.76. The lowest BCUT2D eigenvalue weighted by atomic mass is 10.1. The molecule has 0 aromatic carbocycles. The van der Waals surface area contributed by atoms with Crippen molar-refractivity contribution >= 4 is 7.26 Å². The summed E-state index contributed by atoms with van der Waals surface area (Å²) >= 11 is 0. The van der Waals surface area contributed by atoms with E-state index in [1.807, 2.05) is 0 Å². The van der Waals surface area contributed by atoms with Gasteiger partial charge in [0.2, 0.25) is 0 Å². The summed E-state index contributed by atoms with van der Waals surface area (Å²) in [4.78, 5) is 0. The molecular weight excluding hydrogens is 345 g/mol. The van der Waals surface area contributed by atoms with Crippen LogP contribution in [0.5, 0.6) is 0 Å². The highest BCUT2D eigenvalue weighted by Gasteiger charge is 2.34. The van der Waals surface area contributed by atoms with Crippen LogP contribution in [0.3, 0.4) is 0 Å². The van der Waals surface area contributed by atoms with Gasteiger partial charge in [0.1, 0.15) is 0 Å². The molecule has 164 valence electrons. The fourth-order valence-electron chi connectivity index (χ4n) is 4.20. The Hall–Kier alpha value is 0.390. The van der Waals surface area contributed by atoms with Crippen molar-refractivity contribution in [2.45, 2.75) is 124 Å². The fraction of sp³-hybridized carbons (Fsp3) is 1.00. The lowest BCUT2D eigenvalue weighted by Crippen LogP contribution is -2.20. The predicted molar refractivity (Wildman–Crippen MR) is 131 cm³/mol. The zero-order chi connectivity index (χ0) is 20.1. The predicted octanol–water partition coefficient (Wildman–Crippen LogP) is 8.52. The van der Waals surface area contributed by atoms with Gasteiger partial charge in [0, 0.05) is 7.26 Å². The second-order valence-electron chi connectivity index (χ2n) is 8.88. The van der Waals surface area contributed by atoms with Crippen molar-refractivity contribution < 1.29 is 0 Å². The second kappa shape index (κ2) is 21.1. The smallest absolute Gasteiger partial charge is 0.0606 e. The van der Waals surface area contributed by atoms with Crippen LogP contribution in [-0.4, -0.2) is 37.7 Å². The Balaban J connectivity index is 3.89. The molecule has 2 heteroatoms. The molecule has 0 saturated carbocycles. The van der Waals surface area contributed by atoms with Crippen molar-refractivity contribution in [3.05, 3.63) is 0 Å². The minimum Gasteiger partial charge on any atom is -0.317 e. The lowest BCUT2D eigenvalue weighted by molar-refractivity contribution is 0.554. The Morgan fingerprint density at radius 1 is 0.407 bits per heavy atom. The van der Waals surface area contributed by atoms with Crippen LogP contribution >= 0.6 is 7.26 Å². The van der Waals surface area contributed by atoms with Crippen LogP contribution in [0.15, 0.2) is 0 Å². The maximum atomic E-state index is 3.76. The van der Waals surface area contributed by atoms with E-state index in [0.29, 0.717) is 0 Å². The number of nitrogens with one attached hydrogen (secondary N) is 1. The summed E-state index contributed by atoms with van der Waals surface area (Å²) in [7, 11) is -0.666. The first-order valence-corrected chi connectivity index (χ1v) is 15.3. The molecule has 0 unspecified atom stereocenters. The SMILES string of the molecule is CCCCCCCCCCNCCC[P+](CCCC)(CCCC)CCCC. The summed E-state index contributed by atoms with van der Waals surface area (Å²) in [6.07, 6.45) is 27.8. The van der Waals surface area contributed by atoms with Crippen molar-refractivity contribution in [2.24, 2.45) is 0 Å². The topological polar surface area (TPSA) is 12.0 Å². The molecule has 0 amide bonds. The summed E-state index contributed by atoms with van der Waals surface area (Å²) < 4.78 is 0. The van der Waals surface area contributed by atoms with E-state index in [2.05, 4.69) is 33.0 Å². The molecule has 1 N–H and O–H groups in total. The van der Waals surface area contributed by atoms with Gasteiger partial charge >= 0.3 is 0 Å². The summed E-state index contributed by atoms with van der Waals surface area (Å²) in [6, 6.07) is 0. The van der Waals surface area contributed by atoms with E-state index in [1.165, 1.54) is 109 Å². The van der Waals surface area contributed by atoms with E-state index in [1.54, 1.807) is 24.6 Å². The molecule has 0 fully saturated rings. The third-order valence-corrected chi connectivity index (χ3v) is 11.2. The van der Waals surface area contributed by atoms with Crippen LogP contribution in [-0.2, 0) is 0 Å². The third kappa shape index (κ3) is 17.0. The third-order valence-electron chi connectivity index (χ3n) is 6.15. The zero-order valence-corrected chi connectivity index (χ0v) is 20.7. The molecule has 0 aromatic rings. The highest BCUT2D eigenvalue weighted by molar-refractivity contribution is 7.75. The molecule has 0 aliphatic rings. The number of hydrogen-bond acceptors (Lipinski definition) is 1. The lowest BCUT2D eigenvalue weighted by Gasteiger charge is -2.28. The molecule has 0 aliphatic heterocycles. The van der Waals surface area contributed by atoms with Crippen LogP contribution in [0.25, 0.3) is 0 Å². The fourth-order valence-corrected chi connectivity index (χ4v) is 9.33. The van der Waals surface area contributed by atoms with Crippen LogP contribution in [0.1, 0.15) is 124 Å². The van der Waals surface area contributed by atoms with Gasteiger partial charge in [0.05, 0.1) is 24.6 Å². The van der Waals surface area contributed by atoms with Gasteiger partial charge in [-0.15, -0.1) is 0 Å². The first-order valence-electron chi connectivity index (χ1n) is 12.8. The minimum absolute atomic E-state index is 0.666. The Labute approximate surface area is 174 Å². The highest BCUT2D eigenvalue weighted by Crippen LogP contribution is 2.61. The first kappa shape index (κ1) is 27.4. The number of unbranched alkanes of at least 4 members (excludes halogenated alkanes) is 10. The van der Waals surface area contributed by atoms with Gasteiger partial charge in [-0.05, 0) is 45.2 Å². The second-order valence-corrected chi connectivity index (χ2v) is 13.3. The Morgan fingerprint density at radius 3 is 1.26 bits per heavy atom. The van der Waals surface area contributed by atoms with Crippen molar-refractivity contribution in [3.8, 4) is 0 Å². The molecule has 0 heterocycles. The van der Waals surface area contributed by atoms with Gasteiger partial charge in [-0.2, -0.15) is 0 Å². The van der Waals surface area contributed by atoms with Gasteiger partial charge in [-0.3, -0.25) is 0 Å². The molecule has 0 saturated heterocycles. The summed E-state index contributed by atoms with van der Waals surface area (Å²) in [6.45, 7) is 11.9. The van der Waals surface area contributed by atoms with Crippen molar-refractivity contribution in [1.29, 1.82) is 0 Å². The van der Waals surface area contributed by atoms with Gasteiger partial charge in [-0.25, -0.2) is 0 Å². The van der Waals surface area contributed by atoms with E-state index in [-0.39, 0.29) is 0 Å². The largest absolute Gasteiger partial charge is 0.317 e. The average molecular weight is 401 g/mol. The van der Waals surface area contributed by atoms with Crippen LogP contribution < -0.4 is 5.32 Å². The Bertz CT molecular complexity index is 258. The van der Waals surface area contributed by atoms with Gasteiger partial charge in [0.25, 0.3) is 0 Å². The standard InChI is InChI=1S/C25H55NP/c1-5-9-13-14-15-16-17-18-20-26-21-19-25-27(22-10-6-2,23-11-7-3)24-12-8-4/h26H,5-25H2,1-4H3/q+1. The molecule has 0 aliphatic carbocycles. The van der Waals surface area contributed by atoms with E-state index in [9.17, 15) is 0 Å². The van der Waals surface area contributed by atoms with E-state index in [0.717, 1.165) is 0 Å². The van der Waals surface area contributed by atoms with Gasteiger partial charge < -0.3 is 5.32 Å². The van der Waals surface area contributed by atoms with Crippen LogP contribution in [0.4, 0.5) is 0 Å². The van der Waals surface area contributed by atoms with E-state index < -0.39 is 7.26 Å². The summed E-state index contributed by atoms with van der Waals surface area (Å²) in [5.74, 6) is 0. The Morgan fingerprint density at radius 2 is 0.778 bits per heavy atom. The molecule has 27 heavy (non-hydrogen) atoms. The molecular formula is C25H55NP+. The normalized spacial score (nSPS) is 12.0. The summed E-state index contributed by atoms with van der Waals surface area (Å²) in [5, 5.41) is 3.76. The van der Waals surface area contributed by atoms with Crippen molar-refractivity contribution in [2.75, 3.05) is 37.7 Å². The molecule has 0 spiro atoms. The average Bonchev–Trinajstić information content (AvgIpc) is 2.69. The highest BCUT2D eigenvalue weighted by atomic mass is 31.2. The molecule has 0 atom stereocenters. The Kier molecular flexibility index (Phi) is 21.4. The molecule has 0 aromatic heterocycles. The maximum Gasteiger partial charge on any atom is 0.0606 e. The minimum atomic E-state index is -0.666. The summed E-state index contributed by atoms with van der Waals surface area (Å²) in [5.41, 5.74) is 0. The molecule has 0 rings (SSSR count). The van der Waals surface area contributed by atoms with Crippen LogP contribution in [0.2, 0.25) is 0 Å². The monoisotopic (exact) mass is 400 g/mol. The van der Waals surface area contributed by atoms with Gasteiger partial charge in [-0.1, -0.05) is 91.9 Å². The number of rotatable bonds is 22. The number of hydrogen-bond donors (Lipinski definition) is 1. The van der Waals surface area contributed by atoms with E-state index in [4.69, 9.17) is 0 Å². The molecule has 0 radical (unpaired) electrons. The molecule has 0 bridgehead atoms. The zero-order valence-electron chi connectivity index (χ0n) is 19.8. The quantitative estimate of drug-likeness (QED) is 0.142. The van der Waals surface area contributed by atoms with Gasteiger partial charge in [0.15, 0.2) is 0 Å². The van der Waals surface area contributed by atoms with Crippen LogP contribution in [0, 0.1) is 0 Å².